The van der Waals surface area contributed by atoms with Crippen LogP contribution in [0.2, 0.25) is 0 Å². The Morgan fingerprint density at radius 3 is 2.08 bits per heavy atom. The van der Waals surface area contributed by atoms with E-state index in [1.54, 1.807) is 0 Å². The average molecular weight is 525 g/mol. The molecule has 3 aromatic carbocycles. The van der Waals surface area contributed by atoms with Crippen LogP contribution in [0.3, 0.4) is 0 Å². The second-order valence-electron chi connectivity index (χ2n) is 11.0. The van der Waals surface area contributed by atoms with Crippen molar-refractivity contribution in [3.05, 3.63) is 95.0 Å². The van der Waals surface area contributed by atoms with Crippen LogP contribution in [0.5, 0.6) is 5.75 Å². The summed E-state index contributed by atoms with van der Waals surface area (Å²) in [4.78, 5) is 13.0. The molecular weight excluding hydrogens is 489 g/mol. The van der Waals surface area contributed by atoms with Crippen LogP contribution in [0.4, 0.5) is 4.79 Å². The van der Waals surface area contributed by atoms with Crippen molar-refractivity contribution >= 4 is 19.3 Å². The minimum absolute atomic E-state index is 0.000621. The van der Waals surface area contributed by atoms with Crippen LogP contribution in [0, 0.1) is 0 Å². The number of hydrogen-bond acceptors (Lipinski definition) is 5. The number of carbonyl (C=O) groups is 1. The van der Waals surface area contributed by atoms with Crippen LogP contribution in [0.1, 0.15) is 57.2 Å². The van der Waals surface area contributed by atoms with Crippen LogP contribution in [-0.2, 0) is 14.0 Å². The lowest BCUT2D eigenvalue weighted by Crippen LogP contribution is -2.41. The minimum atomic E-state index is -0.626. The topological polar surface area (TPSA) is 66.0 Å². The lowest BCUT2D eigenvalue weighted by atomic mass is 9.77. The second-order valence-corrected chi connectivity index (χ2v) is 11.0. The Balaban J connectivity index is 1.32. The third-order valence-corrected chi connectivity index (χ3v) is 7.90. The van der Waals surface area contributed by atoms with Gasteiger partial charge < -0.3 is 24.1 Å². The lowest BCUT2D eigenvalue weighted by molar-refractivity contribution is 0.00578. The lowest BCUT2D eigenvalue weighted by Gasteiger charge is -2.32. The molecule has 1 N–H and O–H groups in total. The summed E-state index contributed by atoms with van der Waals surface area (Å²) >= 11 is 0. The average Bonchev–Trinajstić information content (AvgIpc) is 3.35. The summed E-state index contributed by atoms with van der Waals surface area (Å²) in [5, 5.41) is 2.93. The maximum absolute atomic E-state index is 13.0. The van der Waals surface area contributed by atoms with Crippen molar-refractivity contribution in [2.45, 2.75) is 51.7 Å². The molecule has 0 saturated carbocycles. The molecule has 1 aliphatic heterocycles. The van der Waals surface area contributed by atoms with Gasteiger partial charge in [-0.25, -0.2) is 4.79 Å². The van der Waals surface area contributed by atoms with Crippen molar-refractivity contribution in [2.75, 3.05) is 19.8 Å². The van der Waals surface area contributed by atoms with E-state index in [1.165, 1.54) is 22.3 Å². The molecule has 1 amide bonds. The zero-order valence-corrected chi connectivity index (χ0v) is 23.3. The normalized spacial score (nSPS) is 17.5. The molecule has 1 fully saturated rings. The molecule has 0 unspecified atom stereocenters. The summed E-state index contributed by atoms with van der Waals surface area (Å²) in [5.41, 5.74) is 5.38. The Kier molecular flexibility index (Phi) is 7.56. The van der Waals surface area contributed by atoms with E-state index in [9.17, 15) is 4.79 Å². The van der Waals surface area contributed by atoms with Gasteiger partial charge in [0.25, 0.3) is 0 Å². The van der Waals surface area contributed by atoms with E-state index < -0.39 is 24.4 Å². The van der Waals surface area contributed by atoms with Gasteiger partial charge in [0.1, 0.15) is 12.4 Å². The van der Waals surface area contributed by atoms with Gasteiger partial charge in [0.15, 0.2) is 0 Å². The molecule has 6 nitrogen and oxygen atoms in total. The first kappa shape index (κ1) is 27.0. The fourth-order valence-corrected chi connectivity index (χ4v) is 5.11. The van der Waals surface area contributed by atoms with E-state index in [1.807, 2.05) is 89.2 Å². The molecule has 5 rings (SSSR count). The molecule has 2 aliphatic rings. The van der Waals surface area contributed by atoms with Gasteiger partial charge >= 0.3 is 13.2 Å². The van der Waals surface area contributed by atoms with Crippen LogP contribution in [-0.4, -0.2) is 44.2 Å². The number of ether oxygens (including phenoxy) is 2. The van der Waals surface area contributed by atoms with Gasteiger partial charge in [-0.2, -0.15) is 0 Å². The Morgan fingerprint density at radius 2 is 1.46 bits per heavy atom. The monoisotopic (exact) mass is 525 g/mol. The molecule has 39 heavy (non-hydrogen) atoms. The molecule has 7 heteroatoms. The van der Waals surface area contributed by atoms with Crippen molar-refractivity contribution in [3.8, 4) is 16.9 Å². The highest BCUT2D eigenvalue weighted by Gasteiger charge is 2.52. The predicted molar refractivity (Wildman–Crippen MR) is 155 cm³/mol. The number of nitrogens with one attached hydrogen (secondary N) is 1. The number of benzene rings is 3. The zero-order chi connectivity index (χ0) is 27.6. The van der Waals surface area contributed by atoms with Gasteiger partial charge in [0.05, 0.1) is 17.8 Å². The van der Waals surface area contributed by atoms with Crippen molar-refractivity contribution in [1.29, 1.82) is 0 Å². The first-order valence-electron chi connectivity index (χ1n) is 13.6. The summed E-state index contributed by atoms with van der Waals surface area (Å²) < 4.78 is 24.2. The zero-order valence-electron chi connectivity index (χ0n) is 23.3. The Hall–Kier alpha value is -3.55. The minimum Gasteiger partial charge on any atom is -0.493 e. The molecule has 0 aromatic heterocycles. The number of para-hydroxylation sites is 1. The molecule has 1 heterocycles. The second kappa shape index (κ2) is 10.9. The van der Waals surface area contributed by atoms with Gasteiger partial charge in [-0.1, -0.05) is 72.8 Å². The van der Waals surface area contributed by atoms with Gasteiger partial charge in [0.2, 0.25) is 0 Å². The van der Waals surface area contributed by atoms with Gasteiger partial charge in [-0.3, -0.25) is 0 Å². The third kappa shape index (κ3) is 5.47. The molecule has 202 valence electrons. The fourth-order valence-electron chi connectivity index (χ4n) is 5.11. The number of carbonyl (C=O) groups excluding carboxylic acids is 1. The number of fused-ring (bicyclic) bond motifs is 3. The maximum Gasteiger partial charge on any atom is 0.492 e. The van der Waals surface area contributed by atoms with Crippen LogP contribution in [0.25, 0.3) is 17.2 Å². The first-order valence-corrected chi connectivity index (χ1v) is 13.6. The fraction of sp³-hybridized carbons (Fsp3) is 0.344. The summed E-state index contributed by atoms with van der Waals surface area (Å²) in [6.45, 7) is 11.0. The van der Waals surface area contributed by atoms with E-state index in [4.69, 9.17) is 18.8 Å². The molecule has 0 radical (unpaired) electrons. The van der Waals surface area contributed by atoms with Gasteiger partial charge in [0, 0.05) is 18.0 Å². The number of hydrogen-bond donors (Lipinski definition) is 1. The molecule has 0 spiro atoms. The third-order valence-electron chi connectivity index (χ3n) is 7.90. The van der Waals surface area contributed by atoms with Gasteiger partial charge in [-0.05, 0) is 68.4 Å². The van der Waals surface area contributed by atoms with Crippen LogP contribution in [0.15, 0.2) is 78.3 Å². The van der Waals surface area contributed by atoms with E-state index in [0.717, 1.165) is 16.8 Å². The highest BCUT2D eigenvalue weighted by molar-refractivity contribution is 6.56. The quantitative estimate of drug-likeness (QED) is 0.334. The van der Waals surface area contributed by atoms with Crippen LogP contribution >= 0.6 is 0 Å². The molecular formula is C32H36BNO5. The van der Waals surface area contributed by atoms with Crippen molar-refractivity contribution in [1.82, 2.24) is 5.32 Å². The SMILES string of the molecule is CCOc1ccccc1C=C(CNC(=O)OCC1c2ccccc2-c2ccccc21)B1OC(C)(C)C(C)(C)O1. The van der Waals surface area contributed by atoms with E-state index in [2.05, 4.69) is 29.6 Å². The number of alkyl carbamates (subject to hydrolysis) is 1. The molecule has 1 saturated heterocycles. The molecule has 1 aliphatic carbocycles. The highest BCUT2D eigenvalue weighted by Crippen LogP contribution is 2.44. The van der Waals surface area contributed by atoms with Gasteiger partial charge in [-0.15, -0.1) is 0 Å². The standard InChI is InChI=1S/C32H36BNO5/c1-6-36-29-18-12-7-13-22(29)19-23(33-38-31(2,3)32(4,5)39-33)20-34-30(35)37-21-28-26-16-10-8-14-24(26)25-15-9-11-17-27(25)28/h7-19,28H,6,20-21H2,1-5H3,(H,34,35). The number of rotatable bonds is 8. The summed E-state index contributed by atoms with van der Waals surface area (Å²) in [6.07, 6.45) is 1.48. The molecule has 0 bridgehead atoms. The van der Waals surface area contributed by atoms with Crippen molar-refractivity contribution in [2.24, 2.45) is 0 Å². The van der Waals surface area contributed by atoms with E-state index >= 15 is 0 Å². The summed E-state index contributed by atoms with van der Waals surface area (Å²) in [6, 6.07) is 24.4. The smallest absolute Gasteiger partial charge is 0.492 e. The summed E-state index contributed by atoms with van der Waals surface area (Å²) in [5.74, 6) is 0.759. The van der Waals surface area contributed by atoms with E-state index in [-0.39, 0.29) is 19.1 Å². The Morgan fingerprint density at radius 1 is 0.897 bits per heavy atom. The Labute approximate surface area is 231 Å². The van der Waals surface area contributed by atoms with Crippen LogP contribution < -0.4 is 10.1 Å². The predicted octanol–water partition coefficient (Wildman–Crippen LogP) is 6.64. The Bertz CT molecular complexity index is 1320. The molecule has 3 aromatic rings. The maximum atomic E-state index is 13.0. The molecule has 0 atom stereocenters. The van der Waals surface area contributed by atoms with Crippen molar-refractivity contribution in [3.63, 3.8) is 0 Å². The largest absolute Gasteiger partial charge is 0.493 e. The first-order chi connectivity index (χ1) is 18.7. The highest BCUT2D eigenvalue weighted by atomic mass is 16.7. The van der Waals surface area contributed by atoms with Crippen molar-refractivity contribution < 1.29 is 23.6 Å². The summed E-state index contributed by atoms with van der Waals surface area (Å²) in [7, 11) is -0.626. The van der Waals surface area contributed by atoms with E-state index in [0.29, 0.717) is 6.61 Å². The number of amides is 1.